The van der Waals surface area contributed by atoms with E-state index in [2.05, 4.69) is 49.4 Å². The fourth-order valence-electron chi connectivity index (χ4n) is 2.80. The molecule has 3 aromatic rings. The van der Waals surface area contributed by atoms with Crippen molar-refractivity contribution in [1.82, 2.24) is 20.2 Å². The van der Waals surface area contributed by atoms with Gasteiger partial charge in [0.05, 0.1) is 0 Å². The summed E-state index contributed by atoms with van der Waals surface area (Å²) in [5, 5.41) is 7.42. The van der Waals surface area contributed by atoms with Crippen LogP contribution in [0.4, 0.5) is 0 Å². The van der Waals surface area contributed by atoms with Gasteiger partial charge < -0.3 is 15.2 Å². The number of nitrogens with one attached hydrogen (secondary N) is 2. The van der Waals surface area contributed by atoms with Gasteiger partial charge in [-0.05, 0) is 35.7 Å². The monoisotopic (exact) mass is 509 g/mol. The number of aromatic nitrogens is 2. The molecule has 0 fully saturated rings. The fourth-order valence-corrected chi connectivity index (χ4v) is 2.93. The van der Waals surface area contributed by atoms with Gasteiger partial charge in [-0.3, -0.25) is 4.99 Å². The Morgan fingerprint density at radius 2 is 1.71 bits per heavy atom. The molecule has 2 aromatic carbocycles. The first kappa shape index (κ1) is 22.2. The van der Waals surface area contributed by atoms with Crippen LogP contribution in [0, 0.1) is 6.92 Å². The standard InChI is InChI=1S/C21H24ClN5.HI/c1-16-24-10-11-27(16)15-19-5-3-4-18(12-19)14-26-21(23-2)25-13-17-6-8-20(22)9-7-17;/h3-12H,13-15H2,1-2H3,(H2,23,25,26);1H. The minimum atomic E-state index is 0. The van der Waals surface area contributed by atoms with E-state index in [1.807, 2.05) is 43.6 Å². The van der Waals surface area contributed by atoms with Crippen LogP contribution in [0.2, 0.25) is 5.02 Å². The molecule has 1 aromatic heterocycles. The van der Waals surface area contributed by atoms with E-state index in [0.29, 0.717) is 13.1 Å². The number of guanidine groups is 1. The number of nitrogens with zero attached hydrogens (tertiary/aromatic N) is 3. The van der Waals surface area contributed by atoms with Crippen molar-refractivity contribution < 1.29 is 0 Å². The largest absolute Gasteiger partial charge is 0.352 e. The van der Waals surface area contributed by atoms with Crippen LogP contribution in [-0.4, -0.2) is 22.6 Å². The lowest BCUT2D eigenvalue weighted by Crippen LogP contribution is -2.36. The van der Waals surface area contributed by atoms with Gasteiger partial charge in [0.1, 0.15) is 5.82 Å². The van der Waals surface area contributed by atoms with Gasteiger partial charge in [0, 0.05) is 44.1 Å². The Balaban J connectivity index is 0.00000280. The summed E-state index contributed by atoms with van der Waals surface area (Å²) in [6.45, 7) is 4.23. The van der Waals surface area contributed by atoms with Crippen LogP contribution in [0.15, 0.2) is 65.9 Å². The number of aryl methyl sites for hydroxylation is 1. The predicted molar refractivity (Wildman–Crippen MR) is 126 cm³/mol. The number of hydrogen-bond acceptors (Lipinski definition) is 2. The summed E-state index contributed by atoms with van der Waals surface area (Å²) in [6, 6.07) is 16.3. The van der Waals surface area contributed by atoms with Crippen molar-refractivity contribution in [1.29, 1.82) is 0 Å². The molecule has 5 nitrogen and oxygen atoms in total. The highest BCUT2D eigenvalue weighted by Gasteiger charge is 2.02. The number of imidazole rings is 1. The average molecular weight is 510 g/mol. The van der Waals surface area contributed by atoms with E-state index in [0.717, 1.165) is 28.9 Å². The first-order valence-corrected chi connectivity index (χ1v) is 9.26. The highest BCUT2D eigenvalue weighted by molar-refractivity contribution is 14.0. The Labute approximate surface area is 188 Å². The van der Waals surface area contributed by atoms with E-state index in [4.69, 9.17) is 11.6 Å². The third-order valence-corrected chi connectivity index (χ3v) is 4.58. The molecule has 0 radical (unpaired) electrons. The SMILES string of the molecule is CN=C(NCc1ccc(Cl)cc1)NCc1cccc(Cn2ccnc2C)c1.I. The van der Waals surface area contributed by atoms with E-state index in [1.165, 1.54) is 11.1 Å². The van der Waals surface area contributed by atoms with E-state index < -0.39 is 0 Å². The van der Waals surface area contributed by atoms with Crippen molar-refractivity contribution in [3.05, 3.63) is 88.5 Å². The zero-order chi connectivity index (χ0) is 19.1. The molecule has 3 rings (SSSR count). The summed E-state index contributed by atoms with van der Waals surface area (Å²) in [7, 11) is 1.77. The third kappa shape index (κ3) is 6.53. The molecule has 0 atom stereocenters. The topological polar surface area (TPSA) is 54.2 Å². The van der Waals surface area contributed by atoms with Crippen LogP contribution in [0.1, 0.15) is 22.5 Å². The Hall–Kier alpha value is -2.06. The van der Waals surface area contributed by atoms with E-state index in [9.17, 15) is 0 Å². The summed E-state index contributed by atoms with van der Waals surface area (Å²) in [6.07, 6.45) is 3.83. The molecule has 28 heavy (non-hydrogen) atoms. The molecular weight excluding hydrogens is 485 g/mol. The van der Waals surface area contributed by atoms with Crippen LogP contribution >= 0.6 is 35.6 Å². The summed E-state index contributed by atoms with van der Waals surface area (Å²) in [5.41, 5.74) is 3.61. The Morgan fingerprint density at radius 1 is 1.04 bits per heavy atom. The van der Waals surface area contributed by atoms with Gasteiger partial charge in [-0.2, -0.15) is 0 Å². The quantitative estimate of drug-likeness (QED) is 0.295. The zero-order valence-electron chi connectivity index (χ0n) is 16.0. The average Bonchev–Trinajstić information content (AvgIpc) is 3.08. The lowest BCUT2D eigenvalue weighted by molar-refractivity contribution is 0.758. The van der Waals surface area contributed by atoms with Crippen LogP contribution in [0.5, 0.6) is 0 Å². The molecule has 1 heterocycles. The van der Waals surface area contributed by atoms with Crippen molar-refractivity contribution in [2.45, 2.75) is 26.6 Å². The molecule has 0 spiro atoms. The number of rotatable bonds is 6. The first-order chi connectivity index (χ1) is 13.1. The molecule has 0 aliphatic carbocycles. The third-order valence-electron chi connectivity index (χ3n) is 4.32. The van der Waals surface area contributed by atoms with Crippen molar-refractivity contribution in [2.75, 3.05) is 7.05 Å². The lowest BCUT2D eigenvalue weighted by Gasteiger charge is -2.13. The van der Waals surface area contributed by atoms with Crippen LogP contribution in [0.25, 0.3) is 0 Å². The second-order valence-electron chi connectivity index (χ2n) is 6.33. The molecule has 0 amide bonds. The molecule has 7 heteroatoms. The number of hydrogen-bond donors (Lipinski definition) is 2. The highest BCUT2D eigenvalue weighted by atomic mass is 127. The Morgan fingerprint density at radius 3 is 2.36 bits per heavy atom. The van der Waals surface area contributed by atoms with Gasteiger partial charge >= 0.3 is 0 Å². The smallest absolute Gasteiger partial charge is 0.191 e. The second kappa shape index (κ2) is 11.1. The predicted octanol–water partition coefficient (Wildman–Crippen LogP) is 4.38. The maximum Gasteiger partial charge on any atom is 0.191 e. The molecule has 0 saturated heterocycles. The molecule has 0 aliphatic heterocycles. The number of aliphatic imine (C=N–C) groups is 1. The fraction of sp³-hybridized carbons (Fsp3) is 0.238. The van der Waals surface area contributed by atoms with Crippen molar-refractivity contribution in [3.63, 3.8) is 0 Å². The van der Waals surface area contributed by atoms with Crippen molar-refractivity contribution in [3.8, 4) is 0 Å². The maximum absolute atomic E-state index is 5.92. The molecule has 148 valence electrons. The van der Waals surface area contributed by atoms with Crippen LogP contribution in [0.3, 0.4) is 0 Å². The lowest BCUT2D eigenvalue weighted by atomic mass is 10.1. The molecular formula is C21H25ClIN5. The molecule has 0 saturated carbocycles. The van der Waals surface area contributed by atoms with Gasteiger partial charge in [0.15, 0.2) is 5.96 Å². The van der Waals surface area contributed by atoms with Crippen LogP contribution in [-0.2, 0) is 19.6 Å². The molecule has 0 bridgehead atoms. The van der Waals surface area contributed by atoms with E-state index in [1.54, 1.807) is 7.05 Å². The van der Waals surface area contributed by atoms with Crippen LogP contribution < -0.4 is 10.6 Å². The highest BCUT2D eigenvalue weighted by Crippen LogP contribution is 2.10. The minimum Gasteiger partial charge on any atom is -0.352 e. The number of benzene rings is 2. The minimum absolute atomic E-state index is 0. The van der Waals surface area contributed by atoms with Gasteiger partial charge in [-0.15, -0.1) is 24.0 Å². The normalized spacial score (nSPS) is 11.0. The van der Waals surface area contributed by atoms with E-state index >= 15 is 0 Å². The summed E-state index contributed by atoms with van der Waals surface area (Å²) >= 11 is 5.92. The Kier molecular flexibility index (Phi) is 8.79. The summed E-state index contributed by atoms with van der Waals surface area (Å²) in [4.78, 5) is 8.56. The van der Waals surface area contributed by atoms with Gasteiger partial charge in [-0.25, -0.2) is 4.98 Å². The first-order valence-electron chi connectivity index (χ1n) is 8.88. The summed E-state index contributed by atoms with van der Waals surface area (Å²) < 4.78 is 2.14. The maximum atomic E-state index is 5.92. The Bertz CT molecular complexity index is 905. The zero-order valence-corrected chi connectivity index (χ0v) is 19.1. The van der Waals surface area contributed by atoms with Crippen molar-refractivity contribution >= 4 is 41.5 Å². The number of halogens is 2. The molecule has 0 unspecified atom stereocenters. The molecule has 0 aliphatic rings. The van der Waals surface area contributed by atoms with E-state index in [-0.39, 0.29) is 24.0 Å². The van der Waals surface area contributed by atoms with Gasteiger partial charge in [0.25, 0.3) is 0 Å². The van der Waals surface area contributed by atoms with Gasteiger partial charge in [-0.1, -0.05) is 48.0 Å². The molecule has 2 N–H and O–H groups in total. The van der Waals surface area contributed by atoms with Gasteiger partial charge in [0.2, 0.25) is 0 Å². The van der Waals surface area contributed by atoms with Crippen molar-refractivity contribution in [2.24, 2.45) is 4.99 Å². The summed E-state index contributed by atoms with van der Waals surface area (Å²) in [5.74, 6) is 1.78. The second-order valence-corrected chi connectivity index (χ2v) is 6.76.